The van der Waals surface area contributed by atoms with Crippen LogP contribution in [0, 0.1) is 0 Å². The smallest absolute Gasteiger partial charge is 0.306 e. The molecule has 1 N–H and O–H groups in total. The summed E-state index contributed by atoms with van der Waals surface area (Å²) in [6.07, 6.45) is 4.95. The molecule has 0 aromatic carbocycles. The molecule has 0 aliphatic heterocycles. The average molecular weight is 515 g/mol. The summed E-state index contributed by atoms with van der Waals surface area (Å²) in [5.41, 5.74) is 1.65. The van der Waals surface area contributed by atoms with Crippen molar-refractivity contribution in [2.75, 3.05) is 27.4 Å². The summed E-state index contributed by atoms with van der Waals surface area (Å²) in [4.78, 5) is 33.4. The monoisotopic (exact) mass is 514 g/mol. The van der Waals surface area contributed by atoms with Crippen LogP contribution in [0.3, 0.4) is 0 Å². The zero-order chi connectivity index (χ0) is 26.5. The van der Waals surface area contributed by atoms with Crippen LogP contribution in [0.4, 0.5) is 0 Å². The molecule has 13 heteroatoms. The Labute approximate surface area is 213 Å². The molecule has 0 atom stereocenters. The molecule has 198 valence electrons. The number of H-pyrrole nitrogens is 1. The maximum Gasteiger partial charge on any atom is 0.306 e. The first kappa shape index (κ1) is 27.3. The Morgan fingerprint density at radius 3 is 2.19 bits per heavy atom. The van der Waals surface area contributed by atoms with Gasteiger partial charge in [0.25, 0.3) is 0 Å². The molecule has 0 bridgehead atoms. The van der Waals surface area contributed by atoms with Gasteiger partial charge >= 0.3 is 11.9 Å². The highest BCUT2D eigenvalue weighted by Gasteiger charge is 2.14. The lowest BCUT2D eigenvalue weighted by molar-refractivity contribution is -0.141. The van der Waals surface area contributed by atoms with Crippen molar-refractivity contribution in [1.82, 2.24) is 29.8 Å². The fourth-order valence-corrected chi connectivity index (χ4v) is 3.14. The maximum absolute atomic E-state index is 11.1. The number of hydrogen-bond donors (Lipinski definition) is 1. The van der Waals surface area contributed by atoms with Crippen molar-refractivity contribution in [3.05, 3.63) is 48.4 Å². The summed E-state index contributed by atoms with van der Waals surface area (Å²) in [7, 11) is 2.70. The predicted molar refractivity (Wildman–Crippen MR) is 129 cm³/mol. The highest BCUT2D eigenvalue weighted by molar-refractivity contribution is 5.69. The molecule has 4 heterocycles. The Balaban J connectivity index is 0.000000213. The standard InChI is InChI=1S/C14H19N3O4.C10H11N3O3/c1-3-20-10-9-17-8-4-5-11(17)14-15-12(21-16-14)6-7-13(18)19-2;1-15-9(14)5-4-8-12-10(13-16-8)7-3-2-6-11-7/h4-5,8H,3,6-7,9-10H2,1-2H3;2-3,6,11H,4-5H2,1H3. The van der Waals surface area contributed by atoms with Gasteiger partial charge in [0.1, 0.15) is 0 Å². The molecule has 4 aromatic heterocycles. The normalized spacial score (nSPS) is 10.6. The third-order valence-electron chi connectivity index (χ3n) is 5.06. The molecule has 0 fully saturated rings. The topological polar surface area (TPSA) is 160 Å². The van der Waals surface area contributed by atoms with Crippen molar-refractivity contribution in [2.24, 2.45) is 0 Å². The molecule has 4 aromatic rings. The summed E-state index contributed by atoms with van der Waals surface area (Å²) in [5.74, 6) is 1.26. The number of rotatable bonds is 12. The molecule has 0 saturated heterocycles. The molecule has 0 saturated carbocycles. The lowest BCUT2D eigenvalue weighted by Gasteiger charge is -2.06. The third kappa shape index (κ3) is 8.42. The number of nitrogens with one attached hydrogen (secondary N) is 1. The summed E-state index contributed by atoms with van der Waals surface area (Å²) in [6.45, 7) is 4.01. The molecular weight excluding hydrogens is 484 g/mol. The third-order valence-corrected chi connectivity index (χ3v) is 5.06. The number of hydrogen-bond acceptors (Lipinski definition) is 11. The Hall–Kier alpha value is -4.26. The van der Waals surface area contributed by atoms with Crippen molar-refractivity contribution in [1.29, 1.82) is 0 Å². The Morgan fingerprint density at radius 2 is 1.59 bits per heavy atom. The van der Waals surface area contributed by atoms with E-state index in [1.807, 2.05) is 42.0 Å². The number of carbonyl (C=O) groups is 2. The van der Waals surface area contributed by atoms with E-state index in [0.29, 0.717) is 49.5 Å². The minimum absolute atomic E-state index is 0.226. The van der Waals surface area contributed by atoms with Gasteiger partial charge in [0.15, 0.2) is 0 Å². The number of aromatic nitrogens is 6. The number of methoxy groups -OCH3 is 2. The van der Waals surface area contributed by atoms with E-state index in [0.717, 1.165) is 17.9 Å². The number of ether oxygens (including phenoxy) is 3. The van der Waals surface area contributed by atoms with Gasteiger partial charge in [-0.1, -0.05) is 10.3 Å². The fraction of sp³-hybridized carbons (Fsp3) is 0.417. The molecule has 0 radical (unpaired) electrons. The molecule has 13 nitrogen and oxygen atoms in total. The van der Waals surface area contributed by atoms with Crippen LogP contribution in [0.15, 0.2) is 45.7 Å². The number of nitrogens with zero attached hydrogens (tertiary/aromatic N) is 5. The molecular formula is C24H30N6O7. The predicted octanol–water partition coefficient (Wildman–Crippen LogP) is 2.85. The van der Waals surface area contributed by atoms with E-state index in [-0.39, 0.29) is 24.8 Å². The average Bonchev–Trinajstić information content (AvgIpc) is 3.73. The Kier molecular flexibility index (Phi) is 10.6. The van der Waals surface area contributed by atoms with Gasteiger partial charge in [-0.05, 0) is 31.2 Å². The first-order valence-corrected chi connectivity index (χ1v) is 11.7. The van der Waals surface area contributed by atoms with Crippen LogP contribution in [0.1, 0.15) is 31.5 Å². The molecule has 0 amide bonds. The number of esters is 2. The zero-order valence-electron chi connectivity index (χ0n) is 21.0. The minimum atomic E-state index is -0.296. The van der Waals surface area contributed by atoms with E-state index >= 15 is 0 Å². The lowest BCUT2D eigenvalue weighted by atomic mass is 10.3. The van der Waals surface area contributed by atoms with Gasteiger partial charge in [0, 0.05) is 38.4 Å². The molecule has 0 aliphatic carbocycles. The number of carbonyl (C=O) groups excluding carboxylic acids is 2. The Morgan fingerprint density at radius 1 is 0.946 bits per heavy atom. The molecule has 0 spiro atoms. The van der Waals surface area contributed by atoms with Gasteiger partial charge in [0.05, 0.1) is 45.1 Å². The first-order chi connectivity index (χ1) is 18.0. The second kappa shape index (κ2) is 14.3. The summed E-state index contributed by atoms with van der Waals surface area (Å²) < 4.78 is 26.6. The SMILES string of the molecule is CCOCCn1cccc1-c1noc(CCC(=O)OC)n1.COC(=O)CCc1nc(-c2ccc[nH]2)no1. The van der Waals surface area contributed by atoms with Crippen LogP contribution in [-0.4, -0.2) is 69.2 Å². The van der Waals surface area contributed by atoms with Crippen LogP contribution in [0.25, 0.3) is 23.0 Å². The van der Waals surface area contributed by atoms with Crippen molar-refractivity contribution in [2.45, 2.75) is 39.2 Å². The first-order valence-electron chi connectivity index (χ1n) is 11.7. The van der Waals surface area contributed by atoms with Gasteiger partial charge in [-0.3, -0.25) is 9.59 Å². The van der Waals surface area contributed by atoms with Crippen LogP contribution in [0.2, 0.25) is 0 Å². The van der Waals surface area contributed by atoms with E-state index in [1.165, 1.54) is 14.2 Å². The summed E-state index contributed by atoms with van der Waals surface area (Å²) >= 11 is 0. The largest absolute Gasteiger partial charge is 0.469 e. The molecule has 37 heavy (non-hydrogen) atoms. The summed E-state index contributed by atoms with van der Waals surface area (Å²) in [5, 5.41) is 7.74. The highest BCUT2D eigenvalue weighted by atomic mass is 16.5. The molecule has 0 aliphatic rings. The number of aryl methyl sites for hydroxylation is 2. The van der Waals surface area contributed by atoms with Crippen LogP contribution in [0.5, 0.6) is 0 Å². The highest BCUT2D eigenvalue weighted by Crippen LogP contribution is 2.17. The zero-order valence-corrected chi connectivity index (χ0v) is 21.0. The van der Waals surface area contributed by atoms with Crippen LogP contribution < -0.4 is 0 Å². The van der Waals surface area contributed by atoms with Gasteiger partial charge in [-0.15, -0.1) is 0 Å². The number of aromatic amines is 1. The van der Waals surface area contributed by atoms with Gasteiger partial charge < -0.3 is 32.8 Å². The maximum atomic E-state index is 11.1. The van der Waals surface area contributed by atoms with Gasteiger partial charge in [-0.25, -0.2) is 0 Å². The molecule has 0 unspecified atom stereocenters. The van der Waals surface area contributed by atoms with E-state index < -0.39 is 0 Å². The van der Waals surface area contributed by atoms with E-state index in [9.17, 15) is 9.59 Å². The van der Waals surface area contributed by atoms with Crippen molar-refractivity contribution in [3.63, 3.8) is 0 Å². The summed E-state index contributed by atoms with van der Waals surface area (Å²) in [6, 6.07) is 7.53. The van der Waals surface area contributed by atoms with Crippen molar-refractivity contribution in [3.8, 4) is 23.0 Å². The van der Waals surface area contributed by atoms with E-state index in [1.54, 1.807) is 6.20 Å². The Bertz CT molecular complexity index is 1230. The van der Waals surface area contributed by atoms with Gasteiger partial charge in [0.2, 0.25) is 23.4 Å². The van der Waals surface area contributed by atoms with Crippen molar-refractivity contribution >= 4 is 11.9 Å². The lowest BCUT2D eigenvalue weighted by Crippen LogP contribution is -2.06. The van der Waals surface area contributed by atoms with E-state index in [4.69, 9.17) is 13.8 Å². The molecule has 4 rings (SSSR count). The minimum Gasteiger partial charge on any atom is -0.469 e. The van der Waals surface area contributed by atoms with E-state index in [2.05, 4.69) is 34.7 Å². The quantitative estimate of drug-likeness (QED) is 0.219. The van der Waals surface area contributed by atoms with Crippen LogP contribution >= 0.6 is 0 Å². The second-order valence-corrected chi connectivity index (χ2v) is 7.54. The fourth-order valence-electron chi connectivity index (χ4n) is 3.14. The second-order valence-electron chi connectivity index (χ2n) is 7.54. The van der Waals surface area contributed by atoms with Crippen molar-refractivity contribution < 1.29 is 32.8 Å². The van der Waals surface area contributed by atoms with Crippen LogP contribution in [-0.2, 0) is 43.2 Å². The van der Waals surface area contributed by atoms with Gasteiger partial charge in [-0.2, -0.15) is 9.97 Å².